The second kappa shape index (κ2) is 11.8. The number of aromatic nitrogens is 3. The number of aryl methyl sites for hydroxylation is 3. The fourth-order valence-corrected chi connectivity index (χ4v) is 6.08. The zero-order chi connectivity index (χ0) is 29.2. The van der Waals surface area contributed by atoms with Gasteiger partial charge < -0.3 is 18.8 Å². The highest BCUT2D eigenvalue weighted by atomic mass is 19.1. The van der Waals surface area contributed by atoms with Crippen molar-refractivity contribution < 1.29 is 28.1 Å². The summed E-state index contributed by atoms with van der Waals surface area (Å²) >= 11 is 0. The van der Waals surface area contributed by atoms with Gasteiger partial charge in [0.05, 0.1) is 42.2 Å². The van der Waals surface area contributed by atoms with Gasteiger partial charge in [-0.15, -0.1) is 4.68 Å². The molecule has 0 aliphatic carbocycles. The maximum atomic E-state index is 15.9. The Kier molecular flexibility index (Phi) is 7.80. The van der Waals surface area contributed by atoms with Crippen LogP contribution in [-0.2, 0) is 36.1 Å². The van der Waals surface area contributed by atoms with E-state index in [9.17, 15) is 4.79 Å². The van der Waals surface area contributed by atoms with E-state index in [0.29, 0.717) is 56.0 Å². The Morgan fingerprint density at radius 2 is 1.90 bits per heavy atom. The number of halogens is 1. The molecule has 0 amide bonds. The molecule has 42 heavy (non-hydrogen) atoms. The minimum absolute atomic E-state index is 0.242. The van der Waals surface area contributed by atoms with Crippen LogP contribution in [0.2, 0.25) is 0 Å². The summed E-state index contributed by atoms with van der Waals surface area (Å²) in [5.41, 5.74) is 4.84. The first kappa shape index (κ1) is 27.7. The quantitative estimate of drug-likeness (QED) is 0.108. The maximum Gasteiger partial charge on any atom is 0.355 e. The van der Waals surface area contributed by atoms with Crippen LogP contribution in [0.4, 0.5) is 4.39 Å². The third-order valence-electron chi connectivity index (χ3n) is 7.89. The normalized spacial score (nSPS) is 14.0. The van der Waals surface area contributed by atoms with E-state index in [1.165, 1.54) is 6.07 Å². The zero-order valence-corrected chi connectivity index (χ0v) is 24.2. The zero-order valence-electron chi connectivity index (χ0n) is 24.2. The molecule has 2 aromatic heterocycles. The predicted octanol–water partition coefficient (Wildman–Crippen LogP) is 6.34. The molecule has 6 rings (SSSR count). The number of allylic oxidation sites excluding steroid dienone is 1. The molecule has 0 saturated heterocycles. The van der Waals surface area contributed by atoms with E-state index in [2.05, 4.69) is 23.3 Å². The second-order valence-corrected chi connectivity index (χ2v) is 10.5. The number of hydrogen-bond donors (Lipinski definition) is 1. The molecule has 0 atom stereocenters. The number of nitrogens with one attached hydrogen (secondary N) is 1. The number of carbonyl (C=O) groups is 1. The SMILES string of the molecule is CCOC(=O)c1c(CCCOc2cccc3ccccc23)c2ccc(F)c3c2n1C/C=C\COCc1c-3c(C)[nH][n+]1C. The number of hydrogen-bond acceptors (Lipinski definition) is 4. The van der Waals surface area contributed by atoms with Crippen molar-refractivity contribution in [1.29, 1.82) is 0 Å². The van der Waals surface area contributed by atoms with Crippen molar-refractivity contribution in [2.75, 3.05) is 19.8 Å². The molecule has 1 aliphatic rings. The lowest BCUT2D eigenvalue weighted by Crippen LogP contribution is -2.35. The van der Waals surface area contributed by atoms with Gasteiger partial charge in [0.1, 0.15) is 23.9 Å². The third kappa shape index (κ3) is 4.96. The average Bonchev–Trinajstić information content (AvgIpc) is 3.43. The summed E-state index contributed by atoms with van der Waals surface area (Å²) in [5, 5.41) is 6.32. The molecule has 5 aromatic rings. The van der Waals surface area contributed by atoms with Crippen LogP contribution in [0.5, 0.6) is 5.75 Å². The fourth-order valence-electron chi connectivity index (χ4n) is 6.08. The van der Waals surface area contributed by atoms with Crippen LogP contribution in [0.25, 0.3) is 32.8 Å². The molecule has 7 nitrogen and oxygen atoms in total. The molecule has 0 bridgehead atoms. The number of rotatable bonds is 7. The molecule has 0 unspecified atom stereocenters. The highest BCUT2D eigenvalue weighted by Gasteiger charge is 2.31. The van der Waals surface area contributed by atoms with Gasteiger partial charge in [-0.05, 0) is 55.8 Å². The Hall–Kier alpha value is -4.43. The molecule has 3 aromatic carbocycles. The van der Waals surface area contributed by atoms with Gasteiger partial charge in [-0.2, -0.15) is 5.10 Å². The average molecular weight is 569 g/mol. The fraction of sp³-hybridized carbons (Fsp3) is 0.294. The van der Waals surface area contributed by atoms with Crippen molar-refractivity contribution in [2.24, 2.45) is 7.05 Å². The first-order valence-electron chi connectivity index (χ1n) is 14.4. The van der Waals surface area contributed by atoms with Crippen molar-refractivity contribution in [3.8, 4) is 16.9 Å². The minimum atomic E-state index is -0.416. The van der Waals surface area contributed by atoms with Crippen LogP contribution < -0.4 is 9.42 Å². The largest absolute Gasteiger partial charge is 0.493 e. The van der Waals surface area contributed by atoms with E-state index in [1.54, 1.807) is 13.0 Å². The number of H-pyrrole nitrogens is 1. The minimum Gasteiger partial charge on any atom is -0.493 e. The molecule has 8 heteroatoms. The summed E-state index contributed by atoms with van der Waals surface area (Å²) in [7, 11) is 1.90. The standard InChI is InChI=1S/C34H34FN3O4/c1-4-41-34(39)33-25(14-10-20-42-29-15-9-12-23-11-5-6-13-24(23)29)26-16-17-27(35)31-30-22(2)36-37(3)28(30)21-40-19-8-7-18-38(33)32(26)31/h5-9,11-13,15-17H,4,10,14,18-21H2,1-3H3/p+1/b8-7-. The topological polar surface area (TPSA) is 69.4 Å². The molecule has 216 valence electrons. The smallest absolute Gasteiger partial charge is 0.355 e. The number of fused-ring (bicyclic) bond motifs is 3. The number of carbonyl (C=O) groups excluding carboxylic acids is 1. The second-order valence-electron chi connectivity index (χ2n) is 10.5. The van der Waals surface area contributed by atoms with Crippen molar-refractivity contribution >= 4 is 27.6 Å². The van der Waals surface area contributed by atoms with Crippen LogP contribution in [0.3, 0.4) is 0 Å². The highest BCUT2D eigenvalue weighted by Crippen LogP contribution is 2.39. The Balaban J connectivity index is 1.46. The molecule has 0 spiro atoms. The Morgan fingerprint density at radius 3 is 2.76 bits per heavy atom. The third-order valence-corrected chi connectivity index (χ3v) is 7.89. The molecular formula is C34H35FN3O4+. The molecule has 0 saturated carbocycles. The number of esters is 1. The van der Waals surface area contributed by atoms with E-state index in [-0.39, 0.29) is 12.4 Å². The van der Waals surface area contributed by atoms with Crippen molar-refractivity contribution in [3.05, 3.63) is 95.2 Å². The molecule has 0 fully saturated rings. The lowest BCUT2D eigenvalue weighted by molar-refractivity contribution is -0.735. The number of ether oxygens (including phenoxy) is 3. The first-order chi connectivity index (χ1) is 20.5. The van der Waals surface area contributed by atoms with Crippen LogP contribution >= 0.6 is 0 Å². The summed E-state index contributed by atoms with van der Waals surface area (Å²) in [6.07, 6.45) is 5.11. The van der Waals surface area contributed by atoms with Crippen molar-refractivity contribution in [2.45, 2.75) is 39.8 Å². The Labute approximate surface area is 244 Å². The van der Waals surface area contributed by atoms with Gasteiger partial charge in [0, 0.05) is 17.3 Å². The van der Waals surface area contributed by atoms with Gasteiger partial charge in [-0.1, -0.05) is 48.6 Å². The highest BCUT2D eigenvalue weighted by molar-refractivity contribution is 6.05. The van der Waals surface area contributed by atoms with Crippen molar-refractivity contribution in [1.82, 2.24) is 9.67 Å². The summed E-state index contributed by atoms with van der Waals surface area (Å²) in [6.45, 7) is 5.53. The molecule has 1 aliphatic heterocycles. The Bertz CT molecular complexity index is 1810. The van der Waals surface area contributed by atoms with E-state index < -0.39 is 5.97 Å². The van der Waals surface area contributed by atoms with E-state index >= 15 is 4.39 Å². The molecule has 3 heterocycles. The van der Waals surface area contributed by atoms with Gasteiger partial charge >= 0.3 is 5.97 Å². The molecule has 1 N–H and O–H groups in total. The van der Waals surface area contributed by atoms with E-state index in [0.717, 1.165) is 44.4 Å². The van der Waals surface area contributed by atoms with Crippen molar-refractivity contribution in [3.63, 3.8) is 0 Å². The maximum absolute atomic E-state index is 15.9. The van der Waals surface area contributed by atoms with Gasteiger partial charge in [-0.3, -0.25) is 0 Å². The van der Waals surface area contributed by atoms with E-state index in [4.69, 9.17) is 14.2 Å². The number of benzene rings is 3. The van der Waals surface area contributed by atoms with Gasteiger partial charge in [0.2, 0.25) is 5.69 Å². The summed E-state index contributed by atoms with van der Waals surface area (Å²) < 4.78 is 37.4. The van der Waals surface area contributed by atoms with Crippen LogP contribution in [0, 0.1) is 12.7 Å². The van der Waals surface area contributed by atoms with Gasteiger partial charge in [-0.25, -0.2) is 9.18 Å². The molecular weight excluding hydrogens is 533 g/mol. The van der Waals surface area contributed by atoms with Crippen LogP contribution in [0.1, 0.15) is 40.8 Å². The lowest BCUT2D eigenvalue weighted by Gasteiger charge is -2.12. The monoisotopic (exact) mass is 568 g/mol. The van der Waals surface area contributed by atoms with Gasteiger partial charge in [0.15, 0.2) is 7.05 Å². The first-order valence-corrected chi connectivity index (χ1v) is 14.4. The Morgan fingerprint density at radius 1 is 1.07 bits per heavy atom. The number of aromatic amines is 1. The predicted molar refractivity (Wildman–Crippen MR) is 160 cm³/mol. The lowest BCUT2D eigenvalue weighted by atomic mass is 9.97. The molecule has 0 radical (unpaired) electrons. The summed E-state index contributed by atoms with van der Waals surface area (Å²) in [6, 6.07) is 17.5. The van der Waals surface area contributed by atoms with Gasteiger partial charge in [0.25, 0.3) is 0 Å². The van der Waals surface area contributed by atoms with Crippen LogP contribution in [-0.4, -0.2) is 35.5 Å². The summed E-state index contributed by atoms with van der Waals surface area (Å²) in [4.78, 5) is 13.5. The number of nitrogens with zero attached hydrogens (tertiary/aromatic N) is 2. The summed E-state index contributed by atoms with van der Waals surface area (Å²) in [5.74, 6) is 0.0615. The van der Waals surface area contributed by atoms with E-state index in [1.807, 2.05) is 59.6 Å². The van der Waals surface area contributed by atoms with Crippen LogP contribution in [0.15, 0.2) is 66.7 Å².